The van der Waals surface area contributed by atoms with Crippen LogP contribution in [0.5, 0.6) is 0 Å². The van der Waals surface area contributed by atoms with Crippen LogP contribution in [0.3, 0.4) is 0 Å². The molecule has 2 atom stereocenters. The lowest BCUT2D eigenvalue weighted by Crippen LogP contribution is -2.44. The molecule has 5 rings (SSSR count). The monoisotopic (exact) mass is 480 g/mol. The maximum Gasteiger partial charge on any atom is 0.264 e. The molecule has 8 heteroatoms. The maximum absolute atomic E-state index is 13.5. The Labute approximate surface area is 204 Å². The standard InChI is InChI=1S/C26H32N4O3S/c1-17(24-27-12-14-34-24)30-25(32)20-10-5-11-21(22(20)26(30)33)29-13-6-9-19(16-29)23(31)28-15-18-7-3-2-4-8-18/h5,10-12,14,17-19H,2-4,6-9,13,15-16H2,1H3,(H,28,31)/t17-,19-/m1/s1. The van der Waals surface area contributed by atoms with Crippen molar-refractivity contribution in [2.75, 3.05) is 24.5 Å². The van der Waals surface area contributed by atoms with Crippen LogP contribution in [0.2, 0.25) is 0 Å². The number of thiazole rings is 1. The molecule has 3 amide bonds. The smallest absolute Gasteiger partial charge is 0.264 e. The van der Waals surface area contributed by atoms with Gasteiger partial charge in [0.05, 0.1) is 28.8 Å². The third-order valence-electron chi connectivity index (χ3n) is 7.54. The van der Waals surface area contributed by atoms with Crippen molar-refractivity contribution >= 4 is 34.7 Å². The van der Waals surface area contributed by atoms with Crippen LogP contribution in [0.15, 0.2) is 29.8 Å². The van der Waals surface area contributed by atoms with E-state index in [1.54, 1.807) is 12.3 Å². The lowest BCUT2D eigenvalue weighted by molar-refractivity contribution is -0.125. The molecule has 34 heavy (non-hydrogen) atoms. The molecule has 0 radical (unpaired) electrons. The third kappa shape index (κ3) is 4.35. The molecular formula is C26H32N4O3S. The number of hydrogen-bond acceptors (Lipinski definition) is 6. The third-order valence-corrected chi connectivity index (χ3v) is 8.49. The second-order valence-electron chi connectivity index (χ2n) is 9.76. The fourth-order valence-corrected chi connectivity index (χ4v) is 6.33. The van der Waals surface area contributed by atoms with Crippen molar-refractivity contribution in [1.29, 1.82) is 0 Å². The van der Waals surface area contributed by atoms with Crippen molar-refractivity contribution in [2.24, 2.45) is 11.8 Å². The van der Waals surface area contributed by atoms with E-state index in [0.29, 0.717) is 23.6 Å². The van der Waals surface area contributed by atoms with Gasteiger partial charge in [-0.1, -0.05) is 25.3 Å². The Morgan fingerprint density at radius 3 is 2.74 bits per heavy atom. The molecule has 0 bridgehead atoms. The van der Waals surface area contributed by atoms with Gasteiger partial charge in [0.15, 0.2) is 0 Å². The molecule has 7 nitrogen and oxygen atoms in total. The summed E-state index contributed by atoms with van der Waals surface area (Å²) in [4.78, 5) is 47.4. The fourth-order valence-electron chi connectivity index (χ4n) is 5.64. The summed E-state index contributed by atoms with van der Waals surface area (Å²) in [6, 6.07) is 5.05. The number of nitrogens with one attached hydrogen (secondary N) is 1. The first kappa shape index (κ1) is 23.0. The van der Waals surface area contributed by atoms with Crippen molar-refractivity contribution in [3.8, 4) is 0 Å². The van der Waals surface area contributed by atoms with Crippen molar-refractivity contribution in [3.05, 3.63) is 45.9 Å². The highest BCUT2D eigenvalue weighted by Crippen LogP contribution is 2.38. The molecule has 1 aromatic heterocycles. The zero-order chi connectivity index (χ0) is 23.7. The minimum atomic E-state index is -0.417. The molecule has 2 aliphatic heterocycles. The first-order valence-electron chi connectivity index (χ1n) is 12.5. The van der Waals surface area contributed by atoms with Crippen LogP contribution >= 0.6 is 11.3 Å². The molecule has 2 fully saturated rings. The summed E-state index contributed by atoms with van der Waals surface area (Å²) in [6.45, 7) is 3.95. The number of benzene rings is 1. The van der Waals surface area contributed by atoms with E-state index in [2.05, 4.69) is 15.2 Å². The normalized spacial score (nSPS) is 22.1. The van der Waals surface area contributed by atoms with Gasteiger partial charge in [-0.25, -0.2) is 4.98 Å². The number of amides is 3. The van der Waals surface area contributed by atoms with Gasteiger partial charge in [0.1, 0.15) is 5.01 Å². The van der Waals surface area contributed by atoms with Crippen molar-refractivity contribution in [2.45, 2.75) is 57.9 Å². The topological polar surface area (TPSA) is 82.6 Å². The summed E-state index contributed by atoms with van der Waals surface area (Å²) in [5, 5.41) is 5.79. The minimum absolute atomic E-state index is 0.106. The molecule has 1 aromatic carbocycles. The number of rotatable bonds is 6. The van der Waals surface area contributed by atoms with E-state index in [0.717, 1.165) is 36.6 Å². The predicted molar refractivity (Wildman–Crippen MR) is 132 cm³/mol. The Morgan fingerprint density at radius 2 is 1.97 bits per heavy atom. The van der Waals surface area contributed by atoms with Gasteiger partial charge in [-0.05, 0) is 50.7 Å². The van der Waals surface area contributed by atoms with Gasteiger partial charge in [0, 0.05) is 31.2 Å². The number of carbonyl (C=O) groups excluding carboxylic acids is 3. The number of hydrogen-bond donors (Lipinski definition) is 1. The summed E-state index contributed by atoms with van der Waals surface area (Å²) in [6.07, 6.45) is 9.68. The van der Waals surface area contributed by atoms with Gasteiger partial charge in [-0.2, -0.15) is 0 Å². The summed E-state index contributed by atoms with van der Waals surface area (Å²) in [5.74, 6) is 0.0600. The molecular weight excluding hydrogens is 448 g/mol. The van der Waals surface area contributed by atoms with Gasteiger partial charge in [0.2, 0.25) is 5.91 Å². The Bertz CT molecular complexity index is 1060. The first-order valence-corrected chi connectivity index (χ1v) is 13.4. The molecule has 1 saturated carbocycles. The summed E-state index contributed by atoms with van der Waals surface area (Å²) >= 11 is 1.44. The van der Waals surface area contributed by atoms with Crippen molar-refractivity contribution < 1.29 is 14.4 Å². The molecule has 1 aliphatic carbocycles. The summed E-state index contributed by atoms with van der Waals surface area (Å²) in [7, 11) is 0. The van der Waals surface area contributed by atoms with E-state index in [-0.39, 0.29) is 23.6 Å². The van der Waals surface area contributed by atoms with E-state index < -0.39 is 6.04 Å². The molecule has 2 aromatic rings. The average molecular weight is 481 g/mol. The highest BCUT2D eigenvalue weighted by atomic mass is 32.1. The van der Waals surface area contributed by atoms with Crippen molar-refractivity contribution in [1.82, 2.24) is 15.2 Å². The van der Waals surface area contributed by atoms with E-state index in [1.165, 1.54) is 48.3 Å². The highest BCUT2D eigenvalue weighted by molar-refractivity contribution is 7.09. The molecule has 3 heterocycles. The quantitative estimate of drug-likeness (QED) is 0.619. The number of anilines is 1. The molecule has 180 valence electrons. The number of imide groups is 1. The predicted octanol–water partition coefficient (Wildman–Crippen LogP) is 4.41. The second-order valence-corrected chi connectivity index (χ2v) is 10.7. The van der Waals surface area contributed by atoms with Crippen LogP contribution in [-0.4, -0.2) is 47.2 Å². The Balaban J connectivity index is 1.31. The van der Waals surface area contributed by atoms with Crippen LogP contribution in [0.25, 0.3) is 0 Å². The van der Waals surface area contributed by atoms with Gasteiger partial charge < -0.3 is 10.2 Å². The van der Waals surface area contributed by atoms with E-state index in [9.17, 15) is 14.4 Å². The molecule has 1 N–H and O–H groups in total. The number of fused-ring (bicyclic) bond motifs is 1. The highest BCUT2D eigenvalue weighted by Gasteiger charge is 2.42. The van der Waals surface area contributed by atoms with Crippen LogP contribution in [0.4, 0.5) is 5.69 Å². The average Bonchev–Trinajstić information content (AvgIpc) is 3.50. The van der Waals surface area contributed by atoms with Gasteiger partial charge in [0.25, 0.3) is 11.8 Å². The molecule has 1 saturated heterocycles. The molecule has 0 spiro atoms. The number of carbonyl (C=O) groups is 3. The second kappa shape index (κ2) is 9.86. The van der Waals surface area contributed by atoms with E-state index >= 15 is 0 Å². The van der Waals surface area contributed by atoms with Crippen LogP contribution in [0, 0.1) is 11.8 Å². The zero-order valence-corrected chi connectivity index (χ0v) is 20.5. The van der Waals surface area contributed by atoms with Gasteiger partial charge >= 0.3 is 0 Å². The number of nitrogens with zero attached hydrogens (tertiary/aromatic N) is 3. The maximum atomic E-state index is 13.5. The summed E-state index contributed by atoms with van der Waals surface area (Å²) in [5.41, 5.74) is 1.66. The number of piperidine rings is 1. The largest absolute Gasteiger partial charge is 0.370 e. The fraction of sp³-hybridized carbons (Fsp3) is 0.538. The van der Waals surface area contributed by atoms with E-state index in [4.69, 9.17) is 0 Å². The molecule has 0 unspecified atom stereocenters. The van der Waals surface area contributed by atoms with Crippen LogP contribution in [-0.2, 0) is 4.79 Å². The minimum Gasteiger partial charge on any atom is -0.370 e. The number of aromatic nitrogens is 1. The van der Waals surface area contributed by atoms with Gasteiger partial charge in [-0.15, -0.1) is 11.3 Å². The van der Waals surface area contributed by atoms with Crippen LogP contribution in [0.1, 0.15) is 83.6 Å². The van der Waals surface area contributed by atoms with E-state index in [1.807, 2.05) is 24.4 Å². The Morgan fingerprint density at radius 1 is 1.15 bits per heavy atom. The van der Waals surface area contributed by atoms with Crippen molar-refractivity contribution in [3.63, 3.8) is 0 Å². The SMILES string of the molecule is C[C@H](c1nccs1)N1C(=O)c2cccc(N3CCC[C@@H](C(=O)NCC4CCCCC4)C3)c2C1=O. The lowest BCUT2D eigenvalue weighted by Gasteiger charge is -2.35. The lowest BCUT2D eigenvalue weighted by atomic mass is 9.89. The van der Waals surface area contributed by atoms with Gasteiger partial charge in [-0.3, -0.25) is 19.3 Å². The molecule has 3 aliphatic rings. The first-order chi connectivity index (χ1) is 16.5. The Hall–Kier alpha value is -2.74. The zero-order valence-electron chi connectivity index (χ0n) is 19.7. The van der Waals surface area contributed by atoms with Crippen LogP contribution < -0.4 is 10.2 Å². The summed E-state index contributed by atoms with van der Waals surface area (Å²) < 4.78 is 0. The Kier molecular flexibility index (Phi) is 6.68.